The first-order chi connectivity index (χ1) is 5.55. The molecule has 0 fully saturated rings. The molecule has 13 heavy (non-hydrogen) atoms. The van der Waals surface area contributed by atoms with Crippen molar-refractivity contribution in [2.45, 2.75) is 52.4 Å². The van der Waals surface area contributed by atoms with Gasteiger partial charge in [0.1, 0.15) is 0 Å². The van der Waals surface area contributed by atoms with E-state index in [1.54, 1.807) is 0 Å². The lowest BCUT2D eigenvalue weighted by atomic mass is 9.90. The molecule has 0 spiro atoms. The van der Waals surface area contributed by atoms with Gasteiger partial charge in [0.2, 0.25) is 0 Å². The maximum atomic E-state index is 11.7. The maximum Gasteiger partial charge on any atom is 0.0703 e. The van der Waals surface area contributed by atoms with E-state index in [1.807, 2.05) is 41.5 Å². The lowest BCUT2D eigenvalue weighted by Crippen LogP contribution is -2.36. The maximum absolute atomic E-state index is 11.7. The topological polar surface area (TPSA) is 37.3 Å². The number of hydrogen-bond donors (Lipinski definition) is 1. The Morgan fingerprint density at radius 3 is 1.77 bits per heavy atom. The average molecular weight is 206 g/mol. The first-order valence-corrected chi connectivity index (χ1v) is 5.93. The molecule has 0 aliphatic carbocycles. The van der Waals surface area contributed by atoms with E-state index in [0.717, 1.165) is 0 Å². The van der Waals surface area contributed by atoms with Crippen LogP contribution in [0.15, 0.2) is 0 Å². The molecule has 2 nitrogen and oxygen atoms in total. The normalized spacial score (nSPS) is 18.4. The Morgan fingerprint density at radius 1 is 1.15 bits per heavy atom. The van der Waals surface area contributed by atoms with Gasteiger partial charge < -0.3 is 5.11 Å². The lowest BCUT2D eigenvalue weighted by molar-refractivity contribution is 0.0832. The van der Waals surface area contributed by atoms with E-state index in [0.29, 0.717) is 5.75 Å². The molecule has 0 aromatic carbocycles. The summed E-state index contributed by atoms with van der Waals surface area (Å²) in [6.45, 7) is 11.7. The van der Waals surface area contributed by atoms with E-state index < -0.39 is 16.9 Å². The first-order valence-electron chi connectivity index (χ1n) is 4.61. The van der Waals surface area contributed by atoms with Crippen LogP contribution in [0, 0.1) is 5.41 Å². The summed E-state index contributed by atoms with van der Waals surface area (Å²) in [6, 6.07) is 0. The Kier molecular flexibility index (Phi) is 4.13. The number of rotatable bonds is 2. The minimum absolute atomic E-state index is 0.180. The van der Waals surface area contributed by atoms with Crippen LogP contribution in [0.3, 0.4) is 0 Å². The molecular weight excluding hydrogens is 184 g/mol. The van der Waals surface area contributed by atoms with Gasteiger partial charge in [0, 0.05) is 15.5 Å². The van der Waals surface area contributed by atoms with Crippen molar-refractivity contribution in [1.82, 2.24) is 0 Å². The molecule has 0 saturated carbocycles. The highest BCUT2D eigenvalue weighted by Gasteiger charge is 2.28. The Hall–Kier alpha value is 0.110. The fourth-order valence-corrected chi connectivity index (χ4v) is 1.93. The third kappa shape index (κ3) is 4.77. The largest absolute Gasteiger partial charge is 0.392 e. The minimum Gasteiger partial charge on any atom is -0.392 e. The van der Waals surface area contributed by atoms with Gasteiger partial charge in [0.25, 0.3) is 0 Å². The standard InChI is InChI=1S/C10H22O2S/c1-9(2,3)8(11)7-13(12)10(4,5)6/h8,11H,7H2,1-6H3/t8-,13-/m0/s1. The zero-order valence-electron chi connectivity index (χ0n) is 9.55. The summed E-state index contributed by atoms with van der Waals surface area (Å²) in [6.07, 6.45) is -0.493. The van der Waals surface area contributed by atoms with E-state index in [4.69, 9.17) is 0 Å². The summed E-state index contributed by atoms with van der Waals surface area (Å²) in [4.78, 5) is 0. The minimum atomic E-state index is -0.964. The molecule has 3 heteroatoms. The SMILES string of the molecule is CC(C)(C)[C@@H](O)C[S@](=O)C(C)(C)C. The van der Waals surface area contributed by atoms with Crippen molar-refractivity contribution in [1.29, 1.82) is 0 Å². The molecule has 0 aromatic heterocycles. The monoisotopic (exact) mass is 206 g/mol. The van der Waals surface area contributed by atoms with Gasteiger partial charge in [-0.1, -0.05) is 20.8 Å². The summed E-state index contributed by atoms with van der Waals surface area (Å²) in [5, 5.41) is 9.73. The van der Waals surface area contributed by atoms with E-state index in [-0.39, 0.29) is 10.2 Å². The average Bonchev–Trinajstić information content (AvgIpc) is 1.82. The zero-order chi connectivity index (χ0) is 10.9. The third-order valence-corrected chi connectivity index (χ3v) is 3.98. The highest BCUT2D eigenvalue weighted by Crippen LogP contribution is 2.22. The van der Waals surface area contributed by atoms with Crippen LogP contribution in [0.5, 0.6) is 0 Å². The van der Waals surface area contributed by atoms with Gasteiger partial charge in [-0.3, -0.25) is 4.21 Å². The number of aliphatic hydroxyl groups excluding tert-OH is 1. The summed E-state index contributed by atoms with van der Waals surface area (Å²) in [5.74, 6) is 0.368. The molecule has 0 amide bonds. The molecule has 80 valence electrons. The zero-order valence-corrected chi connectivity index (χ0v) is 10.4. The van der Waals surface area contributed by atoms with Crippen LogP contribution >= 0.6 is 0 Å². The Bertz CT molecular complexity index is 186. The van der Waals surface area contributed by atoms with Crippen LogP contribution in [-0.4, -0.2) is 25.9 Å². The fourth-order valence-electron chi connectivity index (χ4n) is 0.643. The van der Waals surface area contributed by atoms with Gasteiger partial charge in [-0.05, 0) is 26.2 Å². The number of hydrogen-bond acceptors (Lipinski definition) is 2. The lowest BCUT2D eigenvalue weighted by Gasteiger charge is -2.28. The van der Waals surface area contributed by atoms with Crippen LogP contribution < -0.4 is 0 Å². The Morgan fingerprint density at radius 2 is 1.54 bits per heavy atom. The van der Waals surface area contributed by atoms with Crippen molar-refractivity contribution in [3.8, 4) is 0 Å². The van der Waals surface area contributed by atoms with Crippen LogP contribution in [0.2, 0.25) is 0 Å². The molecule has 0 heterocycles. The van der Waals surface area contributed by atoms with E-state index in [9.17, 15) is 9.32 Å². The first kappa shape index (κ1) is 13.1. The molecule has 0 saturated heterocycles. The van der Waals surface area contributed by atoms with Crippen LogP contribution in [0.25, 0.3) is 0 Å². The molecule has 1 N–H and O–H groups in total. The van der Waals surface area contributed by atoms with E-state index in [1.165, 1.54) is 0 Å². The van der Waals surface area contributed by atoms with Crippen molar-refractivity contribution in [3.05, 3.63) is 0 Å². The van der Waals surface area contributed by atoms with Gasteiger partial charge in [0.15, 0.2) is 0 Å². The quantitative estimate of drug-likeness (QED) is 0.749. The Balaban J connectivity index is 4.24. The van der Waals surface area contributed by atoms with Crippen LogP contribution in [0.4, 0.5) is 0 Å². The summed E-state index contributed by atoms with van der Waals surface area (Å²) < 4.78 is 11.4. The molecular formula is C10H22O2S. The van der Waals surface area contributed by atoms with Crippen LogP contribution in [0.1, 0.15) is 41.5 Å². The molecule has 0 bridgehead atoms. The predicted molar refractivity (Wildman–Crippen MR) is 58.2 cm³/mol. The van der Waals surface area contributed by atoms with Crippen molar-refractivity contribution in [3.63, 3.8) is 0 Å². The van der Waals surface area contributed by atoms with Crippen molar-refractivity contribution >= 4 is 10.8 Å². The molecule has 2 atom stereocenters. The number of aliphatic hydroxyl groups is 1. The highest BCUT2D eigenvalue weighted by atomic mass is 32.2. The fraction of sp³-hybridized carbons (Fsp3) is 1.00. The molecule has 0 unspecified atom stereocenters. The second-order valence-electron chi connectivity index (χ2n) is 5.51. The third-order valence-electron chi connectivity index (χ3n) is 1.99. The van der Waals surface area contributed by atoms with Gasteiger partial charge in [-0.25, -0.2) is 0 Å². The molecule has 0 aromatic rings. The van der Waals surface area contributed by atoms with Gasteiger partial charge >= 0.3 is 0 Å². The van der Waals surface area contributed by atoms with Crippen molar-refractivity contribution in [2.75, 3.05) is 5.75 Å². The summed E-state index contributed by atoms with van der Waals surface area (Å²) in [5.41, 5.74) is -0.180. The molecule has 0 rings (SSSR count). The van der Waals surface area contributed by atoms with Gasteiger partial charge in [-0.2, -0.15) is 0 Å². The second-order valence-corrected chi connectivity index (χ2v) is 7.76. The van der Waals surface area contributed by atoms with Crippen molar-refractivity contribution < 1.29 is 9.32 Å². The van der Waals surface area contributed by atoms with E-state index >= 15 is 0 Å². The van der Waals surface area contributed by atoms with Gasteiger partial charge in [0.05, 0.1) is 11.9 Å². The summed E-state index contributed by atoms with van der Waals surface area (Å²) >= 11 is 0. The van der Waals surface area contributed by atoms with E-state index in [2.05, 4.69) is 0 Å². The molecule has 0 radical (unpaired) electrons. The molecule has 0 aliphatic rings. The second kappa shape index (κ2) is 4.09. The smallest absolute Gasteiger partial charge is 0.0703 e. The van der Waals surface area contributed by atoms with Crippen LogP contribution in [-0.2, 0) is 10.8 Å². The van der Waals surface area contributed by atoms with Crippen molar-refractivity contribution in [2.24, 2.45) is 5.41 Å². The van der Waals surface area contributed by atoms with Gasteiger partial charge in [-0.15, -0.1) is 0 Å². The Labute approximate surface area is 84.2 Å². The highest BCUT2D eigenvalue weighted by molar-refractivity contribution is 7.86. The molecule has 0 aliphatic heterocycles. The summed E-state index contributed by atoms with van der Waals surface area (Å²) in [7, 11) is -0.964. The predicted octanol–water partition coefficient (Wildman–Crippen LogP) is 1.94.